The highest BCUT2D eigenvalue weighted by molar-refractivity contribution is 8.00. The molecule has 1 atom stereocenters. The fourth-order valence-corrected chi connectivity index (χ4v) is 4.68. The first-order valence-electron chi connectivity index (χ1n) is 8.65. The van der Waals surface area contributed by atoms with Crippen LogP contribution in [0.4, 0.5) is 0 Å². The van der Waals surface area contributed by atoms with Crippen molar-refractivity contribution in [1.29, 1.82) is 0 Å². The smallest absolute Gasteiger partial charge is 0.316 e. The Morgan fingerprint density at radius 2 is 2.04 bits per heavy atom. The number of rotatable bonds is 5. The summed E-state index contributed by atoms with van der Waals surface area (Å²) in [5.74, 6) is 0.241. The molecule has 1 aromatic carbocycles. The van der Waals surface area contributed by atoms with E-state index in [2.05, 4.69) is 16.0 Å². The molecule has 0 radical (unpaired) electrons. The van der Waals surface area contributed by atoms with Gasteiger partial charge in [-0.25, -0.2) is 4.98 Å². The zero-order valence-corrected chi connectivity index (χ0v) is 17.6. The minimum absolute atomic E-state index is 0.190. The van der Waals surface area contributed by atoms with Crippen molar-refractivity contribution in [3.63, 3.8) is 0 Å². The number of thioether (sulfide) groups is 1. The van der Waals surface area contributed by atoms with Crippen LogP contribution in [0.3, 0.4) is 0 Å². The van der Waals surface area contributed by atoms with Crippen molar-refractivity contribution < 1.29 is 9.53 Å². The van der Waals surface area contributed by atoms with Crippen LogP contribution in [-0.2, 0) is 9.53 Å². The van der Waals surface area contributed by atoms with Crippen molar-refractivity contribution in [3.8, 4) is 0 Å². The van der Waals surface area contributed by atoms with Crippen LogP contribution in [0.2, 0.25) is 0 Å². The molecule has 0 saturated carbocycles. The molecule has 0 spiro atoms. The molecule has 0 aliphatic heterocycles. The van der Waals surface area contributed by atoms with Crippen molar-refractivity contribution in [3.05, 3.63) is 55.9 Å². The number of aryl methyl sites for hydroxylation is 4. The predicted octanol–water partition coefficient (Wildman–Crippen LogP) is 4.61. The Balaban J connectivity index is 1.69. The fourth-order valence-electron chi connectivity index (χ4n) is 2.85. The molecule has 7 heteroatoms. The number of carbonyl (C=O) groups is 1. The van der Waals surface area contributed by atoms with Crippen LogP contribution in [0.1, 0.15) is 40.4 Å². The third-order valence-electron chi connectivity index (χ3n) is 4.43. The van der Waals surface area contributed by atoms with E-state index in [1.54, 1.807) is 6.92 Å². The first-order chi connectivity index (χ1) is 12.8. The summed E-state index contributed by atoms with van der Waals surface area (Å²) in [7, 11) is 0. The molecular weight excluding hydrogens is 380 g/mol. The molecule has 1 N–H and O–H groups in total. The second-order valence-corrected chi connectivity index (χ2v) is 8.82. The maximum atomic E-state index is 12.4. The molecule has 0 fully saturated rings. The van der Waals surface area contributed by atoms with Crippen molar-refractivity contribution in [2.75, 3.05) is 5.75 Å². The lowest BCUT2D eigenvalue weighted by atomic mass is 10.2. The van der Waals surface area contributed by atoms with Crippen LogP contribution >= 0.6 is 23.1 Å². The van der Waals surface area contributed by atoms with E-state index in [4.69, 9.17) is 4.74 Å². The van der Waals surface area contributed by atoms with Gasteiger partial charge in [0.15, 0.2) is 11.9 Å². The third-order valence-corrected chi connectivity index (χ3v) is 6.68. The lowest BCUT2D eigenvalue weighted by Gasteiger charge is -2.13. The summed E-state index contributed by atoms with van der Waals surface area (Å²) in [6, 6.07) is 6.13. The number of nitrogens with zero attached hydrogens (tertiary/aromatic N) is 1. The normalized spacial score (nSPS) is 12.3. The molecule has 2 aromatic heterocycles. The minimum atomic E-state index is -0.614. The van der Waals surface area contributed by atoms with Gasteiger partial charge in [0.25, 0.3) is 5.56 Å². The number of aromatic nitrogens is 2. The highest BCUT2D eigenvalue weighted by Gasteiger charge is 2.18. The molecular formula is C20H22N2O3S2. The second kappa shape index (κ2) is 7.86. The van der Waals surface area contributed by atoms with Crippen molar-refractivity contribution >= 4 is 39.3 Å². The summed E-state index contributed by atoms with van der Waals surface area (Å²) >= 11 is 2.93. The second-order valence-electron chi connectivity index (χ2n) is 6.60. The van der Waals surface area contributed by atoms with Gasteiger partial charge in [0.1, 0.15) is 4.83 Å². The Morgan fingerprint density at radius 3 is 2.74 bits per heavy atom. The minimum Gasteiger partial charge on any atom is -0.454 e. The summed E-state index contributed by atoms with van der Waals surface area (Å²) in [5, 5.41) is 0.616. The first-order valence-corrected chi connectivity index (χ1v) is 10.5. The number of carbonyl (C=O) groups excluding carboxylic acids is 1. The quantitative estimate of drug-likeness (QED) is 0.498. The number of thiophene rings is 1. The molecule has 5 nitrogen and oxygen atoms in total. The van der Waals surface area contributed by atoms with Crippen molar-refractivity contribution in [2.24, 2.45) is 0 Å². The van der Waals surface area contributed by atoms with Gasteiger partial charge in [-0.15, -0.1) is 23.1 Å². The average molecular weight is 403 g/mol. The van der Waals surface area contributed by atoms with Gasteiger partial charge < -0.3 is 9.72 Å². The molecule has 0 saturated heterocycles. The Bertz CT molecular complexity index is 1070. The number of nitrogens with one attached hydrogen (secondary N) is 1. The molecule has 0 aliphatic carbocycles. The van der Waals surface area contributed by atoms with Crippen LogP contribution in [0.5, 0.6) is 0 Å². The van der Waals surface area contributed by atoms with Gasteiger partial charge >= 0.3 is 5.97 Å². The Labute approximate surface area is 166 Å². The van der Waals surface area contributed by atoms with Gasteiger partial charge in [-0.1, -0.05) is 17.7 Å². The molecule has 27 heavy (non-hydrogen) atoms. The number of ether oxygens (including phenoxy) is 1. The van der Waals surface area contributed by atoms with Gasteiger partial charge in [-0.3, -0.25) is 9.59 Å². The SMILES string of the molecule is Cc1ccc(SCC(=O)O[C@@H](C)c2nc3sc(C)c(C)c3c(=O)[nH]2)c(C)c1. The van der Waals surface area contributed by atoms with E-state index in [-0.39, 0.29) is 17.3 Å². The van der Waals surface area contributed by atoms with Gasteiger partial charge in [-0.05, 0) is 51.8 Å². The van der Waals surface area contributed by atoms with Crippen molar-refractivity contribution in [2.45, 2.75) is 45.6 Å². The lowest BCUT2D eigenvalue weighted by molar-refractivity contribution is -0.145. The molecule has 0 bridgehead atoms. The summed E-state index contributed by atoms with van der Waals surface area (Å²) in [5.41, 5.74) is 3.09. The van der Waals surface area contributed by atoms with Gasteiger partial charge in [0.05, 0.1) is 11.1 Å². The van der Waals surface area contributed by atoms with Gasteiger partial charge in [0.2, 0.25) is 0 Å². The van der Waals surface area contributed by atoms with Gasteiger partial charge in [0, 0.05) is 9.77 Å². The van der Waals surface area contributed by atoms with Crippen LogP contribution in [0.15, 0.2) is 27.9 Å². The largest absolute Gasteiger partial charge is 0.454 e. The molecule has 2 heterocycles. The highest BCUT2D eigenvalue weighted by atomic mass is 32.2. The predicted molar refractivity (Wildman–Crippen MR) is 111 cm³/mol. The Morgan fingerprint density at radius 1 is 1.30 bits per heavy atom. The maximum Gasteiger partial charge on any atom is 0.316 e. The van der Waals surface area contributed by atoms with Crippen LogP contribution in [0.25, 0.3) is 10.2 Å². The van der Waals surface area contributed by atoms with Gasteiger partial charge in [-0.2, -0.15) is 0 Å². The van der Waals surface area contributed by atoms with E-state index in [0.29, 0.717) is 16.0 Å². The first kappa shape index (κ1) is 19.6. The van der Waals surface area contributed by atoms with E-state index >= 15 is 0 Å². The van der Waals surface area contributed by atoms with Crippen LogP contribution in [0, 0.1) is 27.7 Å². The summed E-state index contributed by atoms with van der Waals surface area (Å²) in [6.45, 7) is 9.67. The number of aromatic amines is 1. The molecule has 3 rings (SSSR count). The highest BCUT2D eigenvalue weighted by Crippen LogP contribution is 2.27. The molecule has 0 unspecified atom stereocenters. The number of hydrogen-bond donors (Lipinski definition) is 1. The van der Waals surface area contributed by atoms with E-state index in [1.165, 1.54) is 28.7 Å². The van der Waals surface area contributed by atoms with E-state index < -0.39 is 6.10 Å². The van der Waals surface area contributed by atoms with Crippen LogP contribution < -0.4 is 5.56 Å². The molecule has 0 amide bonds. The maximum absolute atomic E-state index is 12.4. The summed E-state index contributed by atoms with van der Waals surface area (Å²) in [4.78, 5) is 34.6. The standard InChI is InChI=1S/C20H22N2O3S2/c1-10-6-7-15(11(2)8-10)26-9-16(23)25-13(4)18-21-19(24)17-12(3)14(5)27-20(17)22-18/h6-8,13H,9H2,1-5H3,(H,21,22,24)/t13-/m0/s1. The molecule has 142 valence electrons. The van der Waals surface area contributed by atoms with E-state index in [9.17, 15) is 9.59 Å². The molecule has 3 aromatic rings. The Kier molecular flexibility index (Phi) is 5.72. The number of fused-ring (bicyclic) bond motifs is 1. The number of H-pyrrole nitrogens is 1. The number of esters is 1. The zero-order valence-electron chi connectivity index (χ0n) is 16.0. The number of benzene rings is 1. The topological polar surface area (TPSA) is 72.0 Å². The van der Waals surface area contributed by atoms with E-state index in [1.807, 2.05) is 39.8 Å². The fraction of sp³-hybridized carbons (Fsp3) is 0.350. The third kappa shape index (κ3) is 4.25. The monoisotopic (exact) mass is 402 g/mol. The molecule has 0 aliphatic rings. The van der Waals surface area contributed by atoms with Crippen LogP contribution in [-0.4, -0.2) is 21.7 Å². The summed E-state index contributed by atoms with van der Waals surface area (Å²) < 4.78 is 5.47. The number of hydrogen-bond acceptors (Lipinski definition) is 6. The lowest BCUT2D eigenvalue weighted by Crippen LogP contribution is -2.18. The Hall–Kier alpha value is -2.12. The van der Waals surface area contributed by atoms with Crippen molar-refractivity contribution in [1.82, 2.24) is 9.97 Å². The van der Waals surface area contributed by atoms with E-state index in [0.717, 1.165) is 20.9 Å². The summed E-state index contributed by atoms with van der Waals surface area (Å²) in [6.07, 6.45) is -0.614. The average Bonchev–Trinajstić information content (AvgIpc) is 2.88. The zero-order chi connectivity index (χ0) is 19.7.